The lowest BCUT2D eigenvalue weighted by atomic mass is 9.88. The molecule has 1 aliphatic rings. The lowest BCUT2D eigenvalue weighted by Gasteiger charge is -2.17. The van der Waals surface area contributed by atoms with E-state index in [0.717, 1.165) is 24.8 Å². The highest BCUT2D eigenvalue weighted by Crippen LogP contribution is 2.37. The van der Waals surface area contributed by atoms with Gasteiger partial charge in [-0.1, -0.05) is 6.92 Å². The number of aromatic carboxylic acids is 1. The number of rotatable bonds is 1. The molecule has 3 nitrogen and oxygen atoms in total. The van der Waals surface area contributed by atoms with Gasteiger partial charge in [0, 0.05) is 4.88 Å². The van der Waals surface area contributed by atoms with Gasteiger partial charge in [-0.25, -0.2) is 4.79 Å². The Balaban J connectivity index is 2.49. The van der Waals surface area contributed by atoms with Gasteiger partial charge in [0.15, 0.2) is 0 Å². The van der Waals surface area contributed by atoms with E-state index in [4.69, 9.17) is 10.8 Å². The van der Waals surface area contributed by atoms with E-state index < -0.39 is 5.97 Å². The smallest absolute Gasteiger partial charge is 0.338 e. The molecule has 0 aromatic carbocycles. The molecule has 1 aromatic rings. The first-order valence-corrected chi connectivity index (χ1v) is 5.54. The highest BCUT2D eigenvalue weighted by Gasteiger charge is 2.25. The first-order chi connectivity index (χ1) is 6.59. The fourth-order valence-electron chi connectivity index (χ4n) is 2.01. The maximum atomic E-state index is 11.0. The molecule has 1 unspecified atom stereocenters. The van der Waals surface area contributed by atoms with Gasteiger partial charge >= 0.3 is 5.97 Å². The molecule has 0 saturated carbocycles. The summed E-state index contributed by atoms with van der Waals surface area (Å²) in [7, 11) is 0. The zero-order valence-electron chi connectivity index (χ0n) is 8.04. The van der Waals surface area contributed by atoms with Crippen LogP contribution in [0.1, 0.15) is 34.1 Å². The average molecular weight is 211 g/mol. The highest BCUT2D eigenvalue weighted by molar-refractivity contribution is 7.16. The fraction of sp³-hybridized carbons (Fsp3) is 0.500. The van der Waals surface area contributed by atoms with Gasteiger partial charge in [0.25, 0.3) is 0 Å². The van der Waals surface area contributed by atoms with E-state index in [2.05, 4.69) is 6.92 Å². The van der Waals surface area contributed by atoms with E-state index in [-0.39, 0.29) is 0 Å². The van der Waals surface area contributed by atoms with Crippen LogP contribution >= 0.6 is 11.3 Å². The zero-order valence-corrected chi connectivity index (χ0v) is 8.86. The molecule has 0 amide bonds. The number of carbonyl (C=O) groups is 1. The molecular weight excluding hydrogens is 198 g/mol. The second kappa shape index (κ2) is 3.28. The molecular formula is C10H13NO2S. The van der Waals surface area contributed by atoms with Gasteiger partial charge in [0.2, 0.25) is 0 Å². The summed E-state index contributed by atoms with van der Waals surface area (Å²) in [5.74, 6) is -0.225. The van der Waals surface area contributed by atoms with Crippen LogP contribution in [0, 0.1) is 5.92 Å². The molecule has 1 aromatic heterocycles. The number of nitrogen functional groups attached to an aromatic ring is 1. The standard InChI is InChI=1S/C10H13NO2S/c1-5-2-3-6-7(4-5)14-9(11)8(6)10(12)13/h5H,2-4,11H2,1H3,(H,12,13). The van der Waals surface area contributed by atoms with Crippen molar-refractivity contribution in [1.29, 1.82) is 0 Å². The van der Waals surface area contributed by atoms with Crippen LogP contribution in [-0.2, 0) is 12.8 Å². The van der Waals surface area contributed by atoms with Crippen molar-refractivity contribution in [2.45, 2.75) is 26.2 Å². The topological polar surface area (TPSA) is 63.3 Å². The molecule has 4 heteroatoms. The van der Waals surface area contributed by atoms with Crippen LogP contribution in [0.25, 0.3) is 0 Å². The Morgan fingerprint density at radius 1 is 1.64 bits per heavy atom. The van der Waals surface area contributed by atoms with E-state index in [1.165, 1.54) is 16.2 Å². The molecule has 3 N–H and O–H groups in total. The SMILES string of the molecule is CC1CCc2c(sc(N)c2C(=O)O)C1. The number of fused-ring (bicyclic) bond motifs is 1. The van der Waals surface area contributed by atoms with Gasteiger partial charge < -0.3 is 10.8 Å². The molecule has 0 spiro atoms. The summed E-state index contributed by atoms with van der Waals surface area (Å²) >= 11 is 1.45. The van der Waals surface area contributed by atoms with Gasteiger partial charge in [-0.2, -0.15) is 0 Å². The number of thiophene rings is 1. The minimum atomic E-state index is -0.880. The van der Waals surface area contributed by atoms with E-state index in [1.807, 2.05) is 0 Å². The van der Waals surface area contributed by atoms with Crippen LogP contribution in [0.4, 0.5) is 5.00 Å². The van der Waals surface area contributed by atoms with Gasteiger partial charge in [0.05, 0.1) is 5.56 Å². The molecule has 76 valence electrons. The van der Waals surface area contributed by atoms with Crippen LogP contribution in [-0.4, -0.2) is 11.1 Å². The largest absolute Gasteiger partial charge is 0.478 e. The Morgan fingerprint density at radius 3 is 3.00 bits per heavy atom. The molecule has 0 aliphatic heterocycles. The monoisotopic (exact) mass is 211 g/mol. The number of anilines is 1. The summed E-state index contributed by atoms with van der Waals surface area (Å²) in [6.07, 6.45) is 2.92. The highest BCUT2D eigenvalue weighted by atomic mass is 32.1. The maximum absolute atomic E-state index is 11.0. The molecule has 0 bridgehead atoms. The second-order valence-corrected chi connectivity index (χ2v) is 5.03. The van der Waals surface area contributed by atoms with Crippen LogP contribution in [0.2, 0.25) is 0 Å². The Kier molecular flexibility index (Phi) is 2.23. The summed E-state index contributed by atoms with van der Waals surface area (Å²) < 4.78 is 0. The number of hydrogen-bond acceptors (Lipinski definition) is 3. The Bertz CT molecular complexity index is 384. The first kappa shape index (κ1) is 9.52. The predicted molar refractivity (Wildman–Crippen MR) is 56.9 cm³/mol. The van der Waals surface area contributed by atoms with E-state index in [1.54, 1.807) is 0 Å². The van der Waals surface area contributed by atoms with Gasteiger partial charge in [0.1, 0.15) is 5.00 Å². The minimum Gasteiger partial charge on any atom is -0.478 e. The van der Waals surface area contributed by atoms with Crippen molar-refractivity contribution in [2.75, 3.05) is 5.73 Å². The Morgan fingerprint density at radius 2 is 2.36 bits per heavy atom. The van der Waals surface area contributed by atoms with Crippen molar-refractivity contribution in [1.82, 2.24) is 0 Å². The molecule has 2 rings (SSSR count). The van der Waals surface area contributed by atoms with Crippen molar-refractivity contribution in [2.24, 2.45) is 5.92 Å². The molecule has 1 heterocycles. The van der Waals surface area contributed by atoms with Crippen LogP contribution in [0.15, 0.2) is 0 Å². The van der Waals surface area contributed by atoms with Crippen LogP contribution in [0.3, 0.4) is 0 Å². The van der Waals surface area contributed by atoms with Gasteiger partial charge in [-0.05, 0) is 30.7 Å². The fourth-order valence-corrected chi connectivity index (χ4v) is 3.28. The van der Waals surface area contributed by atoms with E-state index >= 15 is 0 Å². The first-order valence-electron chi connectivity index (χ1n) is 4.73. The number of carboxylic acids is 1. The van der Waals surface area contributed by atoms with E-state index in [0.29, 0.717) is 16.5 Å². The third kappa shape index (κ3) is 1.39. The summed E-state index contributed by atoms with van der Waals surface area (Å²) in [4.78, 5) is 12.1. The normalized spacial score (nSPS) is 20.5. The van der Waals surface area contributed by atoms with Crippen molar-refractivity contribution < 1.29 is 9.90 Å². The number of hydrogen-bond donors (Lipinski definition) is 2. The molecule has 0 saturated heterocycles. The maximum Gasteiger partial charge on any atom is 0.338 e. The third-order valence-electron chi connectivity index (χ3n) is 2.75. The summed E-state index contributed by atoms with van der Waals surface area (Å²) in [5, 5.41) is 9.47. The average Bonchev–Trinajstić information content (AvgIpc) is 2.39. The summed E-state index contributed by atoms with van der Waals surface area (Å²) in [6, 6.07) is 0. The molecule has 1 aliphatic carbocycles. The minimum absolute atomic E-state index is 0.358. The van der Waals surface area contributed by atoms with Crippen molar-refractivity contribution in [3.8, 4) is 0 Å². The Hall–Kier alpha value is -1.03. The van der Waals surface area contributed by atoms with Crippen molar-refractivity contribution in [3.63, 3.8) is 0 Å². The molecule has 1 atom stereocenters. The zero-order chi connectivity index (χ0) is 10.3. The molecule has 0 radical (unpaired) electrons. The van der Waals surface area contributed by atoms with E-state index in [9.17, 15) is 4.79 Å². The number of nitrogens with two attached hydrogens (primary N) is 1. The predicted octanol–water partition coefficient (Wildman–Crippen LogP) is 2.15. The van der Waals surface area contributed by atoms with Gasteiger partial charge in [-0.3, -0.25) is 0 Å². The summed E-state index contributed by atoms with van der Waals surface area (Å²) in [5.41, 5.74) is 7.05. The quantitative estimate of drug-likeness (QED) is 0.748. The third-order valence-corrected chi connectivity index (χ3v) is 3.84. The summed E-state index contributed by atoms with van der Waals surface area (Å²) in [6.45, 7) is 2.19. The Labute approximate surface area is 86.6 Å². The van der Waals surface area contributed by atoms with Gasteiger partial charge in [-0.15, -0.1) is 11.3 Å². The van der Waals surface area contributed by atoms with Crippen molar-refractivity contribution >= 4 is 22.3 Å². The lowest BCUT2D eigenvalue weighted by Crippen LogP contribution is -2.12. The second-order valence-electron chi connectivity index (χ2n) is 3.90. The molecule has 14 heavy (non-hydrogen) atoms. The number of carboxylic acid groups (broad SMARTS) is 1. The van der Waals surface area contributed by atoms with Crippen LogP contribution < -0.4 is 5.73 Å². The lowest BCUT2D eigenvalue weighted by molar-refractivity contribution is 0.0697. The van der Waals surface area contributed by atoms with Crippen molar-refractivity contribution in [3.05, 3.63) is 16.0 Å². The van der Waals surface area contributed by atoms with Crippen LogP contribution in [0.5, 0.6) is 0 Å². The molecule has 0 fully saturated rings.